The number of carbonyl (C=O) groups is 2. The lowest BCUT2D eigenvalue weighted by Crippen LogP contribution is -2.49. The Bertz CT molecular complexity index is 855. The van der Waals surface area contributed by atoms with Crippen LogP contribution in [-0.4, -0.2) is 54.4 Å². The van der Waals surface area contributed by atoms with Crippen LogP contribution in [0.3, 0.4) is 0 Å². The Morgan fingerprint density at radius 1 is 1.22 bits per heavy atom. The Kier molecular flexibility index (Phi) is 6.30. The maximum Gasteiger partial charge on any atom is 0.252 e. The predicted molar refractivity (Wildman–Crippen MR) is 109 cm³/mol. The van der Waals surface area contributed by atoms with Gasteiger partial charge in [-0.05, 0) is 30.3 Å². The number of anilines is 2. The van der Waals surface area contributed by atoms with Gasteiger partial charge in [0.2, 0.25) is 5.91 Å². The van der Waals surface area contributed by atoms with E-state index in [1.165, 1.54) is 0 Å². The molecule has 1 saturated heterocycles. The Balaban J connectivity index is 1.55. The summed E-state index contributed by atoms with van der Waals surface area (Å²) < 4.78 is 0.853. The number of rotatable bonds is 5. The number of halogens is 2. The highest BCUT2D eigenvalue weighted by Crippen LogP contribution is 2.25. The third kappa shape index (κ3) is 4.97. The molecule has 1 aromatic heterocycles. The number of carbonyl (C=O) groups excluding carboxylic acids is 2. The minimum atomic E-state index is -0.494. The van der Waals surface area contributed by atoms with E-state index >= 15 is 0 Å². The standard InChI is InChI=1S/C18H19BrClN5O2/c19-12-3-4-15(14(20)10-12)23-16(26)11-24-6-8-25(9-7-24)18-13(17(21)27)2-1-5-22-18/h1-5,10H,6-9,11H2,(H2,21,27)(H,23,26). The van der Waals surface area contributed by atoms with E-state index < -0.39 is 5.91 Å². The molecule has 0 unspecified atom stereocenters. The number of amides is 2. The number of hydrogen-bond donors (Lipinski definition) is 2. The van der Waals surface area contributed by atoms with Crippen LogP contribution < -0.4 is 16.0 Å². The molecule has 0 spiro atoms. The molecular formula is C18H19BrClN5O2. The Morgan fingerprint density at radius 3 is 2.63 bits per heavy atom. The van der Waals surface area contributed by atoms with E-state index in [-0.39, 0.29) is 12.5 Å². The van der Waals surface area contributed by atoms with Crippen molar-refractivity contribution in [2.24, 2.45) is 5.73 Å². The summed E-state index contributed by atoms with van der Waals surface area (Å²) in [6, 6.07) is 8.68. The van der Waals surface area contributed by atoms with Crippen molar-refractivity contribution in [1.82, 2.24) is 9.88 Å². The zero-order valence-electron chi connectivity index (χ0n) is 14.5. The van der Waals surface area contributed by atoms with Crippen LogP contribution in [-0.2, 0) is 4.79 Å². The maximum absolute atomic E-state index is 12.3. The Labute approximate surface area is 170 Å². The number of nitrogens with one attached hydrogen (secondary N) is 1. The molecule has 2 aromatic rings. The first kappa shape index (κ1) is 19.6. The van der Waals surface area contributed by atoms with E-state index in [0.717, 1.165) is 4.47 Å². The van der Waals surface area contributed by atoms with Gasteiger partial charge in [0.15, 0.2) is 0 Å². The monoisotopic (exact) mass is 451 g/mol. The molecule has 0 saturated carbocycles. The number of pyridine rings is 1. The largest absolute Gasteiger partial charge is 0.365 e. The predicted octanol–water partition coefficient (Wildman–Crippen LogP) is 2.36. The summed E-state index contributed by atoms with van der Waals surface area (Å²) >= 11 is 9.47. The summed E-state index contributed by atoms with van der Waals surface area (Å²) in [5.41, 5.74) is 6.42. The van der Waals surface area contributed by atoms with Gasteiger partial charge in [-0.2, -0.15) is 0 Å². The summed E-state index contributed by atoms with van der Waals surface area (Å²) in [5, 5.41) is 3.31. The molecule has 2 amide bonds. The number of aromatic nitrogens is 1. The van der Waals surface area contributed by atoms with E-state index in [1.54, 1.807) is 30.5 Å². The van der Waals surface area contributed by atoms with Gasteiger partial charge in [0, 0.05) is 36.8 Å². The first-order valence-corrected chi connectivity index (χ1v) is 9.58. The van der Waals surface area contributed by atoms with Crippen molar-refractivity contribution >= 4 is 50.9 Å². The SMILES string of the molecule is NC(=O)c1cccnc1N1CCN(CC(=O)Nc2ccc(Br)cc2Cl)CC1. The number of primary amides is 1. The summed E-state index contributed by atoms with van der Waals surface area (Å²) in [5.74, 6) is -0.0228. The molecule has 27 heavy (non-hydrogen) atoms. The fraction of sp³-hybridized carbons (Fsp3) is 0.278. The first-order chi connectivity index (χ1) is 12.9. The van der Waals surface area contributed by atoms with Crippen molar-refractivity contribution in [3.63, 3.8) is 0 Å². The molecule has 0 bridgehead atoms. The summed E-state index contributed by atoms with van der Waals surface area (Å²) in [4.78, 5) is 32.2. The summed E-state index contributed by atoms with van der Waals surface area (Å²) in [7, 11) is 0. The van der Waals surface area contributed by atoms with Gasteiger partial charge in [0.05, 0.1) is 22.8 Å². The minimum absolute atomic E-state index is 0.122. The highest BCUT2D eigenvalue weighted by atomic mass is 79.9. The lowest BCUT2D eigenvalue weighted by Gasteiger charge is -2.35. The van der Waals surface area contributed by atoms with Gasteiger partial charge in [-0.25, -0.2) is 4.98 Å². The van der Waals surface area contributed by atoms with Crippen LogP contribution in [0.5, 0.6) is 0 Å². The number of benzene rings is 1. The molecule has 2 heterocycles. The molecule has 7 nitrogen and oxygen atoms in total. The van der Waals surface area contributed by atoms with Gasteiger partial charge in [-0.3, -0.25) is 14.5 Å². The molecule has 3 N–H and O–H groups in total. The third-order valence-electron chi connectivity index (χ3n) is 4.30. The molecule has 1 fully saturated rings. The average Bonchev–Trinajstić information content (AvgIpc) is 2.64. The van der Waals surface area contributed by atoms with Crippen LogP contribution >= 0.6 is 27.5 Å². The highest BCUT2D eigenvalue weighted by Gasteiger charge is 2.23. The number of piperazine rings is 1. The fourth-order valence-electron chi connectivity index (χ4n) is 2.94. The van der Waals surface area contributed by atoms with Gasteiger partial charge >= 0.3 is 0 Å². The molecule has 1 aromatic carbocycles. The van der Waals surface area contributed by atoms with Gasteiger partial charge in [0.1, 0.15) is 5.82 Å². The number of nitrogens with zero attached hydrogens (tertiary/aromatic N) is 3. The smallest absolute Gasteiger partial charge is 0.252 e. The van der Waals surface area contributed by atoms with E-state index in [9.17, 15) is 9.59 Å². The average molecular weight is 453 g/mol. The van der Waals surface area contributed by atoms with Crippen molar-refractivity contribution in [2.45, 2.75) is 0 Å². The maximum atomic E-state index is 12.3. The topological polar surface area (TPSA) is 91.6 Å². The first-order valence-electron chi connectivity index (χ1n) is 8.41. The zero-order chi connectivity index (χ0) is 19.4. The van der Waals surface area contributed by atoms with Gasteiger partial charge in [0.25, 0.3) is 5.91 Å². The summed E-state index contributed by atoms with van der Waals surface area (Å²) in [6.45, 7) is 2.94. The van der Waals surface area contributed by atoms with Crippen LogP contribution in [0.25, 0.3) is 0 Å². The molecule has 9 heteroatoms. The molecular weight excluding hydrogens is 434 g/mol. The molecule has 0 aliphatic carbocycles. The number of nitrogens with two attached hydrogens (primary N) is 1. The molecule has 3 rings (SSSR count). The van der Waals surface area contributed by atoms with Crippen LogP contribution in [0.15, 0.2) is 41.0 Å². The fourth-order valence-corrected chi connectivity index (χ4v) is 3.66. The zero-order valence-corrected chi connectivity index (χ0v) is 16.8. The normalized spacial score (nSPS) is 14.8. The second kappa shape index (κ2) is 8.69. The van der Waals surface area contributed by atoms with E-state index in [4.69, 9.17) is 17.3 Å². The third-order valence-corrected chi connectivity index (χ3v) is 5.10. The van der Waals surface area contributed by atoms with Gasteiger partial charge in [-0.1, -0.05) is 27.5 Å². The van der Waals surface area contributed by atoms with Crippen LogP contribution in [0.2, 0.25) is 5.02 Å². The highest BCUT2D eigenvalue weighted by molar-refractivity contribution is 9.10. The molecule has 1 aliphatic heterocycles. The van der Waals surface area contributed by atoms with E-state index in [2.05, 4.69) is 26.2 Å². The van der Waals surface area contributed by atoms with Crippen LogP contribution in [0, 0.1) is 0 Å². The molecule has 0 radical (unpaired) electrons. The minimum Gasteiger partial charge on any atom is -0.365 e. The molecule has 142 valence electrons. The molecule has 0 atom stereocenters. The Hall–Kier alpha value is -2.16. The summed E-state index contributed by atoms with van der Waals surface area (Å²) in [6.07, 6.45) is 1.64. The quantitative estimate of drug-likeness (QED) is 0.727. The molecule has 1 aliphatic rings. The van der Waals surface area contributed by atoms with Crippen molar-refractivity contribution in [2.75, 3.05) is 42.9 Å². The second-order valence-electron chi connectivity index (χ2n) is 6.17. The van der Waals surface area contributed by atoms with Crippen molar-refractivity contribution in [3.05, 3.63) is 51.6 Å². The van der Waals surface area contributed by atoms with Crippen molar-refractivity contribution < 1.29 is 9.59 Å². The van der Waals surface area contributed by atoms with E-state index in [0.29, 0.717) is 48.3 Å². The lowest BCUT2D eigenvalue weighted by molar-refractivity contribution is -0.117. The second-order valence-corrected chi connectivity index (χ2v) is 7.50. The van der Waals surface area contributed by atoms with E-state index in [1.807, 2.05) is 15.9 Å². The van der Waals surface area contributed by atoms with Gasteiger partial charge < -0.3 is 16.0 Å². The van der Waals surface area contributed by atoms with Crippen LogP contribution in [0.4, 0.5) is 11.5 Å². The van der Waals surface area contributed by atoms with Gasteiger partial charge in [-0.15, -0.1) is 0 Å². The lowest BCUT2D eigenvalue weighted by atomic mass is 10.2. The van der Waals surface area contributed by atoms with Crippen molar-refractivity contribution in [1.29, 1.82) is 0 Å². The Morgan fingerprint density at radius 2 is 1.96 bits per heavy atom. The van der Waals surface area contributed by atoms with Crippen molar-refractivity contribution in [3.8, 4) is 0 Å². The van der Waals surface area contributed by atoms with Crippen LogP contribution in [0.1, 0.15) is 10.4 Å². The number of hydrogen-bond acceptors (Lipinski definition) is 5.